The van der Waals surface area contributed by atoms with E-state index >= 15 is 0 Å². The predicted octanol–water partition coefficient (Wildman–Crippen LogP) is 4.78. The van der Waals surface area contributed by atoms with E-state index < -0.39 is 0 Å². The van der Waals surface area contributed by atoms with Crippen LogP contribution in [0.1, 0.15) is 26.3 Å². The Balaban J connectivity index is 2.65. The van der Waals surface area contributed by atoms with Crippen molar-refractivity contribution in [3.8, 4) is 11.1 Å². The van der Waals surface area contributed by atoms with Crippen molar-refractivity contribution in [3.05, 3.63) is 48.0 Å². The van der Waals surface area contributed by atoms with Crippen molar-refractivity contribution in [1.82, 2.24) is 0 Å². The number of rotatable bonds is 3. The van der Waals surface area contributed by atoms with Crippen molar-refractivity contribution >= 4 is 11.4 Å². The van der Waals surface area contributed by atoms with Gasteiger partial charge in [-0.1, -0.05) is 39.0 Å². The quantitative estimate of drug-likeness (QED) is 0.804. The van der Waals surface area contributed by atoms with Crippen LogP contribution in [0.25, 0.3) is 11.1 Å². The highest BCUT2D eigenvalue weighted by molar-refractivity contribution is 5.75. The van der Waals surface area contributed by atoms with Gasteiger partial charge in [0.1, 0.15) is 0 Å². The Hall–Kier alpha value is -1.96. The zero-order chi connectivity index (χ0) is 16.5. The van der Waals surface area contributed by atoms with Crippen LogP contribution in [0.4, 0.5) is 11.4 Å². The first-order valence-electron chi connectivity index (χ1n) is 7.80. The standard InChI is InChI=1S/C20H28N2/c1-20(2,3)19-12-11-17(22(6)7)14-18(19)15-9-8-10-16(13-15)21(4)5/h8-14H,1-7H3. The van der Waals surface area contributed by atoms with E-state index in [0.29, 0.717) is 0 Å². The van der Waals surface area contributed by atoms with Crippen LogP contribution in [0, 0.1) is 0 Å². The van der Waals surface area contributed by atoms with E-state index in [-0.39, 0.29) is 5.41 Å². The average Bonchev–Trinajstić information content (AvgIpc) is 2.45. The molecular weight excluding hydrogens is 268 g/mol. The average molecular weight is 296 g/mol. The van der Waals surface area contributed by atoms with Crippen LogP contribution in [-0.2, 0) is 5.41 Å². The van der Waals surface area contributed by atoms with Gasteiger partial charge in [-0.2, -0.15) is 0 Å². The Labute approximate surface area is 135 Å². The predicted molar refractivity (Wildman–Crippen MR) is 99.2 cm³/mol. The maximum atomic E-state index is 2.30. The van der Waals surface area contributed by atoms with E-state index in [2.05, 4.69) is 101 Å². The number of benzene rings is 2. The summed E-state index contributed by atoms with van der Waals surface area (Å²) in [6.45, 7) is 6.82. The number of anilines is 2. The lowest BCUT2D eigenvalue weighted by atomic mass is 9.81. The fraction of sp³-hybridized carbons (Fsp3) is 0.400. The van der Waals surface area contributed by atoms with E-state index in [1.54, 1.807) is 0 Å². The molecule has 0 heterocycles. The molecule has 0 saturated carbocycles. The molecule has 0 N–H and O–H groups in total. The van der Waals surface area contributed by atoms with E-state index in [1.165, 1.54) is 28.1 Å². The van der Waals surface area contributed by atoms with E-state index in [0.717, 1.165) is 0 Å². The van der Waals surface area contributed by atoms with Crippen molar-refractivity contribution < 1.29 is 0 Å². The van der Waals surface area contributed by atoms with Gasteiger partial charge in [0.15, 0.2) is 0 Å². The lowest BCUT2D eigenvalue weighted by Gasteiger charge is -2.26. The molecule has 0 spiro atoms. The van der Waals surface area contributed by atoms with Crippen LogP contribution in [0.3, 0.4) is 0 Å². The molecular formula is C20H28N2. The molecule has 0 aliphatic rings. The Morgan fingerprint density at radius 2 is 1.32 bits per heavy atom. The summed E-state index contributed by atoms with van der Waals surface area (Å²) in [7, 11) is 8.35. The number of hydrogen-bond acceptors (Lipinski definition) is 2. The summed E-state index contributed by atoms with van der Waals surface area (Å²) in [5.74, 6) is 0. The van der Waals surface area contributed by atoms with Crippen molar-refractivity contribution in [3.63, 3.8) is 0 Å². The van der Waals surface area contributed by atoms with E-state index in [4.69, 9.17) is 0 Å². The molecule has 2 heteroatoms. The Morgan fingerprint density at radius 3 is 1.86 bits per heavy atom. The molecule has 0 fully saturated rings. The Bertz CT molecular complexity index is 649. The zero-order valence-electron chi connectivity index (χ0n) is 14.9. The third kappa shape index (κ3) is 3.44. The van der Waals surface area contributed by atoms with Crippen LogP contribution in [0.2, 0.25) is 0 Å². The van der Waals surface area contributed by atoms with Crippen LogP contribution in [0.15, 0.2) is 42.5 Å². The molecule has 118 valence electrons. The fourth-order valence-electron chi connectivity index (χ4n) is 2.65. The highest BCUT2D eigenvalue weighted by Gasteiger charge is 2.19. The maximum absolute atomic E-state index is 2.30. The Morgan fingerprint density at radius 1 is 0.727 bits per heavy atom. The van der Waals surface area contributed by atoms with Gasteiger partial charge in [0, 0.05) is 39.6 Å². The molecule has 22 heavy (non-hydrogen) atoms. The van der Waals surface area contributed by atoms with E-state index in [9.17, 15) is 0 Å². The monoisotopic (exact) mass is 296 g/mol. The summed E-state index contributed by atoms with van der Waals surface area (Å²) in [5, 5.41) is 0. The van der Waals surface area contributed by atoms with Gasteiger partial charge in [0.25, 0.3) is 0 Å². The molecule has 0 amide bonds. The molecule has 0 unspecified atom stereocenters. The molecule has 0 atom stereocenters. The third-order valence-corrected chi connectivity index (χ3v) is 4.00. The second-order valence-corrected chi connectivity index (χ2v) is 7.32. The number of hydrogen-bond donors (Lipinski definition) is 0. The summed E-state index contributed by atoms with van der Waals surface area (Å²) in [5.41, 5.74) is 6.57. The smallest absolute Gasteiger partial charge is 0.0367 e. The minimum Gasteiger partial charge on any atom is -0.378 e. The summed E-state index contributed by atoms with van der Waals surface area (Å²) < 4.78 is 0. The molecule has 0 aliphatic carbocycles. The first-order chi connectivity index (χ1) is 10.2. The Kier molecular flexibility index (Phi) is 4.50. The van der Waals surface area contributed by atoms with Crippen LogP contribution >= 0.6 is 0 Å². The molecule has 2 aromatic carbocycles. The molecule has 0 aromatic heterocycles. The van der Waals surface area contributed by atoms with Gasteiger partial charge in [0.05, 0.1) is 0 Å². The normalized spacial score (nSPS) is 11.4. The summed E-state index contributed by atoms with van der Waals surface area (Å²) in [4.78, 5) is 4.31. The van der Waals surface area contributed by atoms with Gasteiger partial charge >= 0.3 is 0 Å². The number of nitrogens with zero attached hydrogens (tertiary/aromatic N) is 2. The van der Waals surface area contributed by atoms with Gasteiger partial charge < -0.3 is 9.80 Å². The van der Waals surface area contributed by atoms with Gasteiger partial charge in [0.2, 0.25) is 0 Å². The minimum absolute atomic E-state index is 0.119. The van der Waals surface area contributed by atoms with Gasteiger partial charge in [-0.25, -0.2) is 0 Å². The summed E-state index contributed by atoms with van der Waals surface area (Å²) in [6.07, 6.45) is 0. The van der Waals surface area contributed by atoms with Gasteiger partial charge in [-0.05, 0) is 46.4 Å². The van der Waals surface area contributed by atoms with Crippen LogP contribution < -0.4 is 9.80 Å². The third-order valence-electron chi connectivity index (χ3n) is 4.00. The summed E-state index contributed by atoms with van der Waals surface area (Å²) in [6, 6.07) is 15.5. The zero-order valence-corrected chi connectivity index (χ0v) is 14.9. The van der Waals surface area contributed by atoms with Crippen molar-refractivity contribution in [2.24, 2.45) is 0 Å². The molecule has 0 bridgehead atoms. The van der Waals surface area contributed by atoms with Crippen molar-refractivity contribution in [2.75, 3.05) is 38.0 Å². The highest BCUT2D eigenvalue weighted by Crippen LogP contribution is 2.36. The molecule has 0 radical (unpaired) electrons. The first kappa shape index (κ1) is 16.4. The first-order valence-corrected chi connectivity index (χ1v) is 7.80. The second-order valence-electron chi connectivity index (χ2n) is 7.32. The van der Waals surface area contributed by atoms with E-state index in [1.807, 2.05) is 0 Å². The van der Waals surface area contributed by atoms with Gasteiger partial charge in [-0.3, -0.25) is 0 Å². The molecule has 0 aliphatic heterocycles. The second kappa shape index (κ2) is 6.04. The fourth-order valence-corrected chi connectivity index (χ4v) is 2.65. The van der Waals surface area contributed by atoms with Gasteiger partial charge in [-0.15, -0.1) is 0 Å². The van der Waals surface area contributed by atoms with Crippen molar-refractivity contribution in [2.45, 2.75) is 26.2 Å². The van der Waals surface area contributed by atoms with Crippen LogP contribution in [-0.4, -0.2) is 28.2 Å². The molecule has 0 saturated heterocycles. The SMILES string of the molecule is CN(C)c1cccc(-c2cc(N(C)C)ccc2C(C)(C)C)c1. The summed E-state index contributed by atoms with van der Waals surface area (Å²) >= 11 is 0. The maximum Gasteiger partial charge on any atom is 0.0367 e. The topological polar surface area (TPSA) is 6.48 Å². The molecule has 2 aromatic rings. The van der Waals surface area contributed by atoms with Crippen molar-refractivity contribution in [1.29, 1.82) is 0 Å². The molecule has 2 rings (SSSR count). The highest BCUT2D eigenvalue weighted by atomic mass is 15.1. The minimum atomic E-state index is 0.119. The van der Waals surface area contributed by atoms with Crippen LogP contribution in [0.5, 0.6) is 0 Å². The largest absolute Gasteiger partial charge is 0.378 e. The molecule has 2 nitrogen and oxygen atoms in total. The lowest BCUT2D eigenvalue weighted by molar-refractivity contribution is 0.592. The lowest BCUT2D eigenvalue weighted by Crippen LogP contribution is -2.15.